The average Bonchev–Trinajstić information content (AvgIpc) is 3.51. The van der Waals surface area contributed by atoms with Crippen molar-refractivity contribution in [2.24, 2.45) is 5.92 Å². The van der Waals surface area contributed by atoms with Crippen LogP contribution in [0.25, 0.3) is 11.6 Å². The summed E-state index contributed by atoms with van der Waals surface area (Å²) >= 11 is 6.61. The maximum absolute atomic E-state index is 12.4. The number of pyridine rings is 1. The van der Waals surface area contributed by atoms with Gasteiger partial charge in [0.25, 0.3) is 0 Å². The highest BCUT2D eigenvalue weighted by Gasteiger charge is 2.35. The maximum atomic E-state index is 12.4. The molecule has 1 saturated carbocycles. The van der Waals surface area contributed by atoms with E-state index in [9.17, 15) is 4.79 Å². The molecule has 1 aromatic carbocycles. The number of piperazine rings is 1. The monoisotopic (exact) mass is 437 g/mol. The summed E-state index contributed by atoms with van der Waals surface area (Å²) in [5.74, 6) is 1.43. The van der Waals surface area contributed by atoms with Gasteiger partial charge in [-0.15, -0.1) is 0 Å². The smallest absolute Gasteiger partial charge is 0.225 e. The molecule has 2 fully saturated rings. The van der Waals surface area contributed by atoms with E-state index in [1.165, 1.54) is 16.8 Å². The van der Waals surface area contributed by atoms with Crippen molar-refractivity contribution < 1.29 is 9.53 Å². The molecule has 6 heteroatoms. The Morgan fingerprint density at radius 2 is 1.94 bits per heavy atom. The van der Waals surface area contributed by atoms with E-state index in [-0.39, 0.29) is 6.10 Å². The van der Waals surface area contributed by atoms with Crippen LogP contribution in [0.4, 0.5) is 5.69 Å². The van der Waals surface area contributed by atoms with Crippen molar-refractivity contribution in [3.8, 4) is 5.75 Å². The fourth-order valence-electron chi connectivity index (χ4n) is 4.52. The number of nitrogens with zero attached hydrogens (tertiary/aromatic N) is 3. The summed E-state index contributed by atoms with van der Waals surface area (Å²) in [4.78, 5) is 21.4. The lowest BCUT2D eigenvalue weighted by Gasteiger charge is -2.37. The molecule has 1 aromatic heterocycles. The van der Waals surface area contributed by atoms with E-state index in [1.54, 1.807) is 0 Å². The highest BCUT2D eigenvalue weighted by molar-refractivity contribution is 6.32. The fourth-order valence-corrected chi connectivity index (χ4v) is 4.81. The first-order valence-corrected chi connectivity index (χ1v) is 11.6. The topological polar surface area (TPSA) is 45.7 Å². The number of rotatable bonds is 5. The number of aromatic nitrogens is 1. The van der Waals surface area contributed by atoms with Crippen LogP contribution in [0.5, 0.6) is 5.75 Å². The molecule has 31 heavy (non-hydrogen) atoms. The zero-order valence-electron chi connectivity index (χ0n) is 18.1. The number of hydrogen-bond acceptors (Lipinski definition) is 4. The molecule has 5 nitrogen and oxygen atoms in total. The number of anilines is 1. The molecule has 2 aliphatic carbocycles. The van der Waals surface area contributed by atoms with Gasteiger partial charge in [0.2, 0.25) is 5.91 Å². The number of hydrogen-bond donors (Lipinski definition) is 0. The fraction of sp³-hybridized carbons (Fsp3) is 0.440. The van der Waals surface area contributed by atoms with E-state index in [0.29, 0.717) is 16.8 Å². The zero-order valence-corrected chi connectivity index (χ0v) is 18.9. The Kier molecular flexibility index (Phi) is 5.39. The molecule has 0 unspecified atom stereocenters. The van der Waals surface area contributed by atoms with Gasteiger partial charge in [-0.3, -0.25) is 9.78 Å². The Labute approximate surface area is 188 Å². The second kappa shape index (κ2) is 8.19. The third-order valence-corrected chi connectivity index (χ3v) is 6.56. The highest BCUT2D eigenvalue weighted by Crippen LogP contribution is 2.39. The molecule has 2 heterocycles. The number of benzene rings is 1. The van der Waals surface area contributed by atoms with Gasteiger partial charge >= 0.3 is 0 Å². The molecule has 0 atom stereocenters. The number of allylic oxidation sites excluding steroid dienone is 1. The zero-order chi connectivity index (χ0) is 21.5. The van der Waals surface area contributed by atoms with Gasteiger partial charge in [0, 0.05) is 56.0 Å². The highest BCUT2D eigenvalue weighted by atomic mass is 35.5. The number of carbonyl (C=O) groups is 1. The van der Waals surface area contributed by atoms with Crippen LogP contribution in [0.15, 0.2) is 30.5 Å². The Morgan fingerprint density at radius 1 is 1.16 bits per heavy atom. The minimum absolute atomic E-state index is 0.115. The largest absolute Gasteiger partial charge is 0.491 e. The Hall–Kier alpha value is -2.53. The van der Waals surface area contributed by atoms with Crippen molar-refractivity contribution >= 4 is 34.8 Å². The molecular formula is C25H28ClN3O2. The molecule has 0 radical (unpaired) electrons. The van der Waals surface area contributed by atoms with Crippen LogP contribution in [-0.4, -0.2) is 48.1 Å². The number of fused-ring (bicyclic) bond motifs is 1. The second-order valence-electron chi connectivity index (χ2n) is 8.93. The van der Waals surface area contributed by atoms with E-state index in [2.05, 4.69) is 22.0 Å². The first-order valence-electron chi connectivity index (χ1n) is 11.2. The molecule has 162 valence electrons. The maximum Gasteiger partial charge on any atom is 0.225 e. The summed E-state index contributed by atoms with van der Waals surface area (Å²) < 4.78 is 5.77. The third kappa shape index (κ3) is 4.16. The lowest BCUT2D eigenvalue weighted by molar-refractivity contribution is -0.132. The van der Waals surface area contributed by atoms with Crippen LogP contribution in [-0.2, 0) is 11.2 Å². The molecule has 5 rings (SSSR count). The summed E-state index contributed by atoms with van der Waals surface area (Å²) in [7, 11) is 0. The van der Waals surface area contributed by atoms with Gasteiger partial charge in [-0.2, -0.15) is 0 Å². The van der Waals surface area contributed by atoms with E-state index < -0.39 is 0 Å². The molecule has 0 spiro atoms. The summed E-state index contributed by atoms with van der Waals surface area (Å²) in [6.07, 6.45) is 7.14. The van der Waals surface area contributed by atoms with Crippen molar-refractivity contribution in [2.45, 2.75) is 39.2 Å². The van der Waals surface area contributed by atoms with E-state index in [4.69, 9.17) is 16.3 Å². The van der Waals surface area contributed by atoms with E-state index >= 15 is 0 Å². The van der Waals surface area contributed by atoms with E-state index in [1.807, 2.05) is 43.1 Å². The Morgan fingerprint density at radius 3 is 2.61 bits per heavy atom. The molecule has 3 aliphatic rings. The standard InChI is InChI=1S/C25H28ClN3O2/c1-16(2)31-19-5-6-20(22(26)15-19)18-13-21-23(14-18)27-8-7-24(21)28-9-11-29(12-10-28)25(30)17-3-4-17/h5-8,13,15-17H,3-4,9-12,14H2,1-2H3. The van der Waals surface area contributed by atoms with Gasteiger partial charge in [-0.05, 0) is 68.2 Å². The van der Waals surface area contributed by atoms with Crippen molar-refractivity contribution in [3.05, 3.63) is 52.3 Å². The SMILES string of the molecule is CC(C)Oc1ccc(C2=Cc3c(N4CCN(C(=O)C5CC5)CC4)ccnc3C2)c(Cl)c1. The van der Waals surface area contributed by atoms with Crippen LogP contribution in [0.3, 0.4) is 0 Å². The van der Waals surface area contributed by atoms with Gasteiger partial charge in [0.05, 0.1) is 16.8 Å². The predicted molar refractivity (Wildman–Crippen MR) is 125 cm³/mol. The number of carbonyl (C=O) groups excluding carboxylic acids is 1. The third-order valence-electron chi connectivity index (χ3n) is 6.24. The average molecular weight is 438 g/mol. The van der Waals surface area contributed by atoms with Gasteiger partial charge in [-0.25, -0.2) is 0 Å². The Bertz CT molecular complexity index is 1040. The summed E-state index contributed by atoms with van der Waals surface area (Å²) in [6, 6.07) is 8.01. The Balaban J connectivity index is 1.35. The number of halogens is 1. The van der Waals surface area contributed by atoms with E-state index in [0.717, 1.165) is 62.4 Å². The normalized spacial score (nSPS) is 18.3. The van der Waals surface area contributed by atoms with Crippen molar-refractivity contribution in [3.63, 3.8) is 0 Å². The minimum atomic E-state index is 0.115. The number of ether oxygens (including phenoxy) is 1. The van der Waals surface area contributed by atoms with Crippen LogP contribution < -0.4 is 9.64 Å². The van der Waals surface area contributed by atoms with Crippen LogP contribution in [0.2, 0.25) is 5.02 Å². The van der Waals surface area contributed by atoms with Gasteiger partial charge in [0.15, 0.2) is 0 Å². The van der Waals surface area contributed by atoms with Crippen LogP contribution >= 0.6 is 11.6 Å². The molecule has 1 saturated heterocycles. The lowest BCUT2D eigenvalue weighted by Crippen LogP contribution is -2.49. The van der Waals surface area contributed by atoms with Crippen molar-refractivity contribution in [1.82, 2.24) is 9.88 Å². The second-order valence-corrected chi connectivity index (χ2v) is 9.34. The molecule has 1 aliphatic heterocycles. The quantitative estimate of drug-likeness (QED) is 0.681. The molecule has 0 bridgehead atoms. The minimum Gasteiger partial charge on any atom is -0.491 e. The molecule has 2 aromatic rings. The number of amides is 1. The molecular weight excluding hydrogens is 410 g/mol. The van der Waals surface area contributed by atoms with Gasteiger partial charge in [0.1, 0.15) is 5.75 Å². The summed E-state index contributed by atoms with van der Waals surface area (Å²) in [6.45, 7) is 7.33. The van der Waals surface area contributed by atoms with Crippen molar-refractivity contribution in [1.29, 1.82) is 0 Å². The molecule has 1 amide bonds. The van der Waals surface area contributed by atoms with Crippen molar-refractivity contribution in [2.75, 3.05) is 31.1 Å². The van der Waals surface area contributed by atoms with Gasteiger partial charge in [-0.1, -0.05) is 11.6 Å². The lowest BCUT2D eigenvalue weighted by atomic mass is 10.0. The summed E-state index contributed by atoms with van der Waals surface area (Å²) in [5, 5.41) is 0.700. The van der Waals surface area contributed by atoms with Crippen LogP contribution in [0.1, 0.15) is 43.5 Å². The van der Waals surface area contributed by atoms with Gasteiger partial charge < -0.3 is 14.5 Å². The molecule has 0 N–H and O–H groups in total. The summed E-state index contributed by atoms with van der Waals surface area (Å²) in [5.41, 5.74) is 5.68. The predicted octanol–water partition coefficient (Wildman–Crippen LogP) is 4.68. The first-order chi connectivity index (χ1) is 15.0. The first kappa shape index (κ1) is 20.4. The van der Waals surface area contributed by atoms with Crippen LogP contribution in [0, 0.1) is 5.92 Å².